The van der Waals surface area contributed by atoms with Gasteiger partial charge in [-0.15, -0.1) is 11.8 Å². The summed E-state index contributed by atoms with van der Waals surface area (Å²) >= 11 is 1.57. The molecule has 2 aromatic carbocycles. The lowest BCUT2D eigenvalue weighted by molar-refractivity contribution is 0.102. The molecule has 104 valence electrons. The van der Waals surface area contributed by atoms with Crippen molar-refractivity contribution in [2.75, 3.05) is 12.9 Å². The van der Waals surface area contributed by atoms with Gasteiger partial charge >= 0.3 is 0 Å². The lowest BCUT2D eigenvalue weighted by atomic mass is 10.1. The SMILES string of the molecule is CCc1cc(C(=O)CSc2ccccc2)ccc1OC. The summed E-state index contributed by atoms with van der Waals surface area (Å²) in [7, 11) is 1.65. The molecule has 0 amide bonds. The summed E-state index contributed by atoms with van der Waals surface area (Å²) in [6, 6.07) is 15.6. The van der Waals surface area contributed by atoms with Gasteiger partial charge in [0.25, 0.3) is 0 Å². The van der Waals surface area contributed by atoms with E-state index in [4.69, 9.17) is 4.74 Å². The van der Waals surface area contributed by atoms with Crippen LogP contribution in [0.25, 0.3) is 0 Å². The van der Waals surface area contributed by atoms with Crippen molar-refractivity contribution in [3.05, 3.63) is 59.7 Å². The molecule has 0 bridgehead atoms. The fraction of sp³-hybridized carbons (Fsp3) is 0.235. The molecule has 0 radical (unpaired) electrons. The van der Waals surface area contributed by atoms with Crippen molar-refractivity contribution < 1.29 is 9.53 Å². The predicted octanol–water partition coefficient (Wildman–Crippen LogP) is 4.23. The van der Waals surface area contributed by atoms with Gasteiger partial charge in [-0.1, -0.05) is 25.1 Å². The second kappa shape index (κ2) is 7.15. The Balaban J connectivity index is 2.06. The Hall–Kier alpha value is -1.74. The molecule has 0 saturated carbocycles. The van der Waals surface area contributed by atoms with Crippen molar-refractivity contribution in [1.82, 2.24) is 0 Å². The smallest absolute Gasteiger partial charge is 0.173 e. The van der Waals surface area contributed by atoms with E-state index in [1.54, 1.807) is 18.9 Å². The first kappa shape index (κ1) is 14.7. The minimum absolute atomic E-state index is 0.149. The zero-order chi connectivity index (χ0) is 14.4. The van der Waals surface area contributed by atoms with Crippen LogP contribution in [0.4, 0.5) is 0 Å². The molecule has 0 N–H and O–H groups in total. The fourth-order valence-corrected chi connectivity index (χ4v) is 2.79. The molecule has 0 aromatic heterocycles. The average molecular weight is 286 g/mol. The molecule has 2 aromatic rings. The second-order valence-electron chi connectivity index (χ2n) is 4.41. The number of carbonyl (C=O) groups is 1. The van der Waals surface area contributed by atoms with Gasteiger partial charge in [-0.05, 0) is 42.3 Å². The van der Waals surface area contributed by atoms with E-state index in [2.05, 4.69) is 6.92 Å². The molecule has 0 fully saturated rings. The Bertz CT molecular complexity index is 579. The van der Waals surface area contributed by atoms with Crippen LogP contribution >= 0.6 is 11.8 Å². The molecule has 0 atom stereocenters. The summed E-state index contributed by atoms with van der Waals surface area (Å²) < 4.78 is 5.28. The van der Waals surface area contributed by atoms with E-state index in [-0.39, 0.29) is 5.78 Å². The topological polar surface area (TPSA) is 26.3 Å². The van der Waals surface area contributed by atoms with Gasteiger partial charge in [0.15, 0.2) is 5.78 Å². The van der Waals surface area contributed by atoms with Gasteiger partial charge in [-0.2, -0.15) is 0 Å². The molecule has 2 nitrogen and oxygen atoms in total. The zero-order valence-electron chi connectivity index (χ0n) is 11.8. The van der Waals surface area contributed by atoms with Crippen LogP contribution in [0.2, 0.25) is 0 Å². The van der Waals surface area contributed by atoms with Gasteiger partial charge in [0.1, 0.15) is 5.75 Å². The maximum atomic E-state index is 12.2. The number of ketones is 1. The third kappa shape index (κ3) is 3.64. The van der Waals surface area contributed by atoms with Gasteiger partial charge < -0.3 is 4.74 Å². The summed E-state index contributed by atoms with van der Waals surface area (Å²) in [5, 5.41) is 0. The van der Waals surface area contributed by atoms with E-state index in [1.807, 2.05) is 48.5 Å². The van der Waals surface area contributed by atoms with Gasteiger partial charge in [0, 0.05) is 10.5 Å². The summed E-state index contributed by atoms with van der Waals surface area (Å²) in [4.78, 5) is 13.3. The van der Waals surface area contributed by atoms with Crippen LogP contribution in [0.3, 0.4) is 0 Å². The summed E-state index contributed by atoms with van der Waals surface area (Å²) in [5.74, 6) is 1.45. The van der Waals surface area contributed by atoms with E-state index >= 15 is 0 Å². The highest BCUT2D eigenvalue weighted by molar-refractivity contribution is 8.00. The summed E-state index contributed by atoms with van der Waals surface area (Å²) in [6.07, 6.45) is 0.857. The molecule has 0 aliphatic heterocycles. The number of methoxy groups -OCH3 is 1. The number of Topliss-reactive ketones (excluding diaryl/α,β-unsaturated/α-hetero) is 1. The van der Waals surface area contributed by atoms with Crippen molar-refractivity contribution in [1.29, 1.82) is 0 Å². The number of benzene rings is 2. The number of hydrogen-bond donors (Lipinski definition) is 0. The normalized spacial score (nSPS) is 10.3. The quantitative estimate of drug-likeness (QED) is 0.587. The largest absolute Gasteiger partial charge is 0.496 e. The lowest BCUT2D eigenvalue weighted by Crippen LogP contribution is -2.04. The number of hydrogen-bond acceptors (Lipinski definition) is 3. The van der Waals surface area contributed by atoms with Crippen LogP contribution in [0.1, 0.15) is 22.8 Å². The molecule has 20 heavy (non-hydrogen) atoms. The van der Waals surface area contributed by atoms with Crippen LogP contribution in [0.5, 0.6) is 5.75 Å². The van der Waals surface area contributed by atoms with Crippen LogP contribution < -0.4 is 4.74 Å². The first-order valence-corrected chi connectivity index (χ1v) is 7.61. The predicted molar refractivity (Wildman–Crippen MR) is 83.9 cm³/mol. The van der Waals surface area contributed by atoms with Crippen LogP contribution in [0, 0.1) is 0 Å². The number of aryl methyl sites for hydroxylation is 1. The van der Waals surface area contributed by atoms with Crippen molar-refractivity contribution in [3.63, 3.8) is 0 Å². The van der Waals surface area contributed by atoms with E-state index in [0.29, 0.717) is 5.75 Å². The highest BCUT2D eigenvalue weighted by atomic mass is 32.2. The van der Waals surface area contributed by atoms with Crippen molar-refractivity contribution in [3.8, 4) is 5.75 Å². The van der Waals surface area contributed by atoms with Gasteiger partial charge in [0.2, 0.25) is 0 Å². The fourth-order valence-electron chi connectivity index (χ4n) is 1.98. The third-order valence-corrected chi connectivity index (χ3v) is 4.11. The highest BCUT2D eigenvalue weighted by Crippen LogP contribution is 2.23. The van der Waals surface area contributed by atoms with E-state index in [0.717, 1.165) is 28.2 Å². The highest BCUT2D eigenvalue weighted by Gasteiger charge is 2.10. The molecule has 2 rings (SSSR count). The Morgan fingerprint density at radius 2 is 1.90 bits per heavy atom. The molecule has 0 aliphatic rings. The first-order chi connectivity index (χ1) is 9.74. The second-order valence-corrected chi connectivity index (χ2v) is 5.45. The minimum Gasteiger partial charge on any atom is -0.496 e. The number of ether oxygens (including phenoxy) is 1. The Morgan fingerprint density at radius 3 is 2.55 bits per heavy atom. The Labute approximate surface area is 124 Å². The van der Waals surface area contributed by atoms with Gasteiger partial charge in [-0.3, -0.25) is 4.79 Å². The van der Waals surface area contributed by atoms with E-state index < -0.39 is 0 Å². The average Bonchev–Trinajstić information content (AvgIpc) is 2.52. The first-order valence-electron chi connectivity index (χ1n) is 6.62. The molecular weight excluding hydrogens is 268 g/mol. The molecule has 0 spiro atoms. The number of carbonyl (C=O) groups excluding carboxylic acids is 1. The molecule has 0 saturated heterocycles. The van der Waals surface area contributed by atoms with Crippen LogP contribution in [0.15, 0.2) is 53.4 Å². The standard InChI is InChI=1S/C17H18O2S/c1-3-13-11-14(9-10-17(13)19-2)16(18)12-20-15-7-5-4-6-8-15/h4-11H,3,12H2,1-2H3. The van der Waals surface area contributed by atoms with Crippen LogP contribution in [-0.2, 0) is 6.42 Å². The molecule has 0 heterocycles. The lowest BCUT2D eigenvalue weighted by Gasteiger charge is -2.08. The molecule has 0 unspecified atom stereocenters. The van der Waals surface area contributed by atoms with Gasteiger partial charge in [0.05, 0.1) is 12.9 Å². The maximum absolute atomic E-state index is 12.2. The third-order valence-electron chi connectivity index (χ3n) is 3.10. The number of rotatable bonds is 6. The van der Waals surface area contributed by atoms with E-state index in [9.17, 15) is 4.79 Å². The van der Waals surface area contributed by atoms with Crippen molar-refractivity contribution in [2.45, 2.75) is 18.2 Å². The zero-order valence-corrected chi connectivity index (χ0v) is 12.6. The Kier molecular flexibility index (Phi) is 5.24. The monoisotopic (exact) mass is 286 g/mol. The minimum atomic E-state index is 0.149. The van der Waals surface area contributed by atoms with E-state index in [1.165, 1.54) is 0 Å². The maximum Gasteiger partial charge on any atom is 0.173 e. The van der Waals surface area contributed by atoms with Crippen molar-refractivity contribution >= 4 is 17.5 Å². The van der Waals surface area contributed by atoms with Crippen molar-refractivity contribution in [2.24, 2.45) is 0 Å². The molecular formula is C17H18O2S. The summed E-state index contributed by atoms with van der Waals surface area (Å²) in [5.41, 5.74) is 1.83. The molecule has 3 heteroatoms. The molecule has 0 aliphatic carbocycles. The number of thioether (sulfide) groups is 1. The van der Waals surface area contributed by atoms with Gasteiger partial charge in [-0.25, -0.2) is 0 Å². The van der Waals surface area contributed by atoms with Crippen LogP contribution in [-0.4, -0.2) is 18.6 Å². The Morgan fingerprint density at radius 1 is 1.15 bits per heavy atom. The summed E-state index contributed by atoms with van der Waals surface area (Å²) in [6.45, 7) is 2.06.